The summed E-state index contributed by atoms with van der Waals surface area (Å²) in [4.78, 5) is 18.5. The fourth-order valence-electron chi connectivity index (χ4n) is 2.44. The maximum Gasteiger partial charge on any atom is 0.173 e. The molecule has 1 aromatic carbocycles. The van der Waals surface area contributed by atoms with Crippen LogP contribution >= 0.6 is 11.3 Å². The monoisotopic (exact) mass is 334 g/mol. The molecule has 0 atom stereocenters. The molecule has 0 bridgehead atoms. The normalized spacial score (nSPS) is 10.5. The lowest BCUT2D eigenvalue weighted by atomic mass is 10.0. The molecule has 4 heteroatoms. The molecule has 0 radical (unpaired) electrons. The standard InChI is InChI=1S/C20H18N2OS/c1-14(21)16-8-5-15(6-9-16)7-10-18(23)20-12-11-19(24-20)17-4-2-3-13-22-17/h2-6,8-9,11-13,21H,7,10H2,1H3. The average molecular weight is 334 g/mol. The van der Waals surface area contributed by atoms with Gasteiger partial charge in [0.15, 0.2) is 5.78 Å². The molecule has 0 spiro atoms. The summed E-state index contributed by atoms with van der Waals surface area (Å²) < 4.78 is 0. The Morgan fingerprint density at radius 1 is 1.08 bits per heavy atom. The molecule has 0 saturated heterocycles. The van der Waals surface area contributed by atoms with Gasteiger partial charge in [-0.25, -0.2) is 0 Å². The van der Waals surface area contributed by atoms with Gasteiger partial charge >= 0.3 is 0 Å². The van der Waals surface area contributed by atoms with Crippen LogP contribution in [0.2, 0.25) is 0 Å². The van der Waals surface area contributed by atoms with Gasteiger partial charge in [-0.15, -0.1) is 11.3 Å². The summed E-state index contributed by atoms with van der Waals surface area (Å²) in [5.74, 6) is 0.162. The summed E-state index contributed by atoms with van der Waals surface area (Å²) >= 11 is 1.50. The lowest BCUT2D eigenvalue weighted by molar-refractivity contribution is 0.0986. The van der Waals surface area contributed by atoms with Crippen LogP contribution in [-0.2, 0) is 6.42 Å². The van der Waals surface area contributed by atoms with E-state index >= 15 is 0 Å². The molecule has 0 aliphatic rings. The van der Waals surface area contributed by atoms with Gasteiger partial charge in [0.25, 0.3) is 0 Å². The molecule has 24 heavy (non-hydrogen) atoms. The molecule has 0 amide bonds. The topological polar surface area (TPSA) is 53.8 Å². The first kappa shape index (κ1) is 16.3. The molecule has 3 aromatic rings. The molecule has 120 valence electrons. The number of benzene rings is 1. The Balaban J connectivity index is 1.63. The van der Waals surface area contributed by atoms with Gasteiger partial charge in [-0.1, -0.05) is 30.3 Å². The van der Waals surface area contributed by atoms with Crippen molar-refractivity contribution < 1.29 is 4.79 Å². The highest BCUT2D eigenvalue weighted by atomic mass is 32.1. The summed E-state index contributed by atoms with van der Waals surface area (Å²) in [7, 11) is 0. The molecule has 0 saturated carbocycles. The van der Waals surface area contributed by atoms with Gasteiger partial charge in [-0.05, 0) is 48.7 Å². The van der Waals surface area contributed by atoms with Gasteiger partial charge in [0.1, 0.15) is 0 Å². The molecule has 0 aliphatic heterocycles. The summed E-state index contributed by atoms with van der Waals surface area (Å²) in [6.07, 6.45) is 2.97. The first-order chi connectivity index (χ1) is 11.6. The van der Waals surface area contributed by atoms with E-state index in [0.717, 1.165) is 26.6 Å². The zero-order valence-corrected chi connectivity index (χ0v) is 14.3. The average Bonchev–Trinajstić information content (AvgIpc) is 3.11. The summed E-state index contributed by atoms with van der Waals surface area (Å²) in [5, 5.41) is 7.60. The van der Waals surface area contributed by atoms with Crippen molar-refractivity contribution in [1.82, 2.24) is 4.98 Å². The van der Waals surface area contributed by atoms with Crippen molar-refractivity contribution in [2.24, 2.45) is 0 Å². The predicted molar refractivity (Wildman–Crippen MR) is 99.1 cm³/mol. The Labute approximate surface area is 145 Å². The minimum Gasteiger partial charge on any atom is -0.305 e. The predicted octanol–water partition coefficient (Wildman–Crippen LogP) is 5.01. The Hall–Kier alpha value is -2.59. The second-order valence-electron chi connectivity index (χ2n) is 5.62. The summed E-state index contributed by atoms with van der Waals surface area (Å²) in [6, 6.07) is 17.5. The smallest absolute Gasteiger partial charge is 0.173 e. The number of rotatable bonds is 6. The van der Waals surface area contributed by atoms with Crippen molar-refractivity contribution in [1.29, 1.82) is 5.41 Å². The lowest BCUT2D eigenvalue weighted by Gasteiger charge is -2.02. The van der Waals surface area contributed by atoms with Crippen molar-refractivity contribution in [3.63, 3.8) is 0 Å². The molecule has 2 heterocycles. The molecule has 0 fully saturated rings. The number of aryl methyl sites for hydroxylation is 1. The van der Waals surface area contributed by atoms with Crippen molar-refractivity contribution >= 4 is 22.8 Å². The minimum atomic E-state index is 0.162. The SMILES string of the molecule is CC(=N)c1ccc(CCC(=O)c2ccc(-c3ccccn3)s2)cc1. The molecule has 3 nitrogen and oxygen atoms in total. The van der Waals surface area contributed by atoms with Gasteiger partial charge in [-0.3, -0.25) is 9.78 Å². The van der Waals surface area contributed by atoms with E-state index in [1.54, 1.807) is 13.1 Å². The summed E-state index contributed by atoms with van der Waals surface area (Å²) in [5.41, 5.74) is 3.50. The minimum absolute atomic E-state index is 0.162. The molecule has 0 unspecified atom stereocenters. The molecule has 0 aliphatic carbocycles. The largest absolute Gasteiger partial charge is 0.305 e. The third-order valence-corrected chi connectivity index (χ3v) is 4.97. The number of ketones is 1. The van der Waals surface area contributed by atoms with Crippen LogP contribution in [0.1, 0.15) is 34.1 Å². The van der Waals surface area contributed by atoms with Crippen LogP contribution in [-0.4, -0.2) is 16.5 Å². The third-order valence-electron chi connectivity index (χ3n) is 3.83. The molecule has 2 aromatic heterocycles. The maximum atomic E-state index is 12.4. The quantitative estimate of drug-likeness (QED) is 0.509. The fraction of sp³-hybridized carbons (Fsp3) is 0.150. The number of pyridine rings is 1. The number of thiophene rings is 1. The number of hydrogen-bond acceptors (Lipinski definition) is 4. The van der Waals surface area contributed by atoms with Crippen molar-refractivity contribution in [2.45, 2.75) is 19.8 Å². The number of aromatic nitrogens is 1. The van der Waals surface area contributed by atoms with Gasteiger partial charge in [0, 0.05) is 18.3 Å². The van der Waals surface area contributed by atoms with Gasteiger partial charge in [-0.2, -0.15) is 0 Å². The van der Waals surface area contributed by atoms with Crippen molar-refractivity contribution in [2.75, 3.05) is 0 Å². The number of carbonyl (C=O) groups is 1. The van der Waals surface area contributed by atoms with Gasteiger partial charge < -0.3 is 5.41 Å². The highest BCUT2D eigenvalue weighted by molar-refractivity contribution is 7.17. The molecular weight excluding hydrogens is 316 g/mol. The van der Waals surface area contributed by atoms with Crippen LogP contribution in [0.25, 0.3) is 10.6 Å². The first-order valence-corrected chi connectivity index (χ1v) is 8.64. The van der Waals surface area contributed by atoms with E-state index < -0.39 is 0 Å². The van der Waals surface area contributed by atoms with E-state index in [9.17, 15) is 4.79 Å². The molecule has 3 rings (SSSR count). The number of nitrogens with one attached hydrogen (secondary N) is 1. The summed E-state index contributed by atoms with van der Waals surface area (Å²) in [6.45, 7) is 1.77. The van der Waals surface area contributed by atoms with E-state index in [4.69, 9.17) is 5.41 Å². The highest BCUT2D eigenvalue weighted by Gasteiger charge is 2.11. The number of carbonyl (C=O) groups excluding carboxylic acids is 1. The van der Waals surface area contributed by atoms with Gasteiger partial charge in [0.2, 0.25) is 0 Å². The maximum absolute atomic E-state index is 12.4. The number of hydrogen-bond donors (Lipinski definition) is 1. The lowest BCUT2D eigenvalue weighted by Crippen LogP contribution is -1.99. The Bertz CT molecular complexity index is 851. The zero-order valence-electron chi connectivity index (χ0n) is 13.5. The van der Waals surface area contributed by atoms with E-state index in [2.05, 4.69) is 4.98 Å². The van der Waals surface area contributed by atoms with Crippen LogP contribution in [0, 0.1) is 5.41 Å². The second-order valence-corrected chi connectivity index (χ2v) is 6.71. The fourth-order valence-corrected chi connectivity index (χ4v) is 3.39. The van der Waals surface area contributed by atoms with Crippen molar-refractivity contribution in [3.8, 4) is 10.6 Å². The molecular formula is C20H18N2OS. The Morgan fingerprint density at radius 2 is 1.88 bits per heavy atom. The number of Topliss-reactive ketones (excluding diaryl/α,β-unsaturated/α-hetero) is 1. The van der Waals surface area contributed by atoms with Crippen LogP contribution in [0.15, 0.2) is 60.8 Å². The van der Waals surface area contributed by atoms with E-state index in [1.165, 1.54) is 11.3 Å². The first-order valence-electron chi connectivity index (χ1n) is 7.82. The Morgan fingerprint density at radius 3 is 2.54 bits per heavy atom. The van der Waals surface area contributed by atoms with Crippen LogP contribution in [0.3, 0.4) is 0 Å². The van der Waals surface area contributed by atoms with Crippen LogP contribution in [0.5, 0.6) is 0 Å². The molecule has 1 N–H and O–H groups in total. The second kappa shape index (κ2) is 7.32. The van der Waals surface area contributed by atoms with E-state index in [1.807, 2.05) is 54.6 Å². The van der Waals surface area contributed by atoms with Crippen molar-refractivity contribution in [3.05, 3.63) is 76.8 Å². The third kappa shape index (κ3) is 3.84. The Kier molecular flexibility index (Phi) is 4.96. The van der Waals surface area contributed by atoms with Gasteiger partial charge in [0.05, 0.1) is 15.4 Å². The van der Waals surface area contributed by atoms with Crippen LogP contribution < -0.4 is 0 Å². The zero-order chi connectivity index (χ0) is 16.9. The van der Waals surface area contributed by atoms with E-state index in [0.29, 0.717) is 18.6 Å². The highest BCUT2D eigenvalue weighted by Crippen LogP contribution is 2.27. The number of nitrogens with zero attached hydrogens (tertiary/aromatic N) is 1. The van der Waals surface area contributed by atoms with Crippen LogP contribution in [0.4, 0.5) is 0 Å². The van der Waals surface area contributed by atoms with E-state index in [-0.39, 0.29) is 5.78 Å².